The number of imide groups is 1. The molecule has 1 atom stereocenters. The Labute approximate surface area is 132 Å². The highest BCUT2D eigenvalue weighted by Gasteiger charge is 2.38. The molecule has 1 heterocycles. The summed E-state index contributed by atoms with van der Waals surface area (Å²) in [6.45, 7) is 4.25. The first-order valence-electron chi connectivity index (χ1n) is 8.12. The van der Waals surface area contributed by atoms with E-state index in [2.05, 4.69) is 6.08 Å². The molecule has 2 fully saturated rings. The number of carbonyl (C=O) groups is 2. The summed E-state index contributed by atoms with van der Waals surface area (Å²) in [5, 5.41) is 0. The molecule has 0 aromatic heterocycles. The summed E-state index contributed by atoms with van der Waals surface area (Å²) in [4.78, 5) is 25.0. The second-order valence-corrected chi connectivity index (χ2v) is 6.23. The van der Waals surface area contributed by atoms with Gasteiger partial charge in [-0.15, -0.1) is 0 Å². The largest absolute Gasteiger partial charge is 0.447 e. The van der Waals surface area contributed by atoms with Gasteiger partial charge in [0.1, 0.15) is 6.61 Å². The van der Waals surface area contributed by atoms with Crippen LogP contribution in [-0.4, -0.2) is 29.5 Å². The van der Waals surface area contributed by atoms with E-state index in [1.807, 2.05) is 26.0 Å². The third-order valence-corrected chi connectivity index (χ3v) is 4.20. The molecule has 2 aliphatic rings. The molecule has 120 valence electrons. The maximum atomic E-state index is 12.1. The second-order valence-electron chi connectivity index (χ2n) is 6.23. The standard InChI is InChI=1S/C18H25NO3/c1-14(2)16-13-22-18(21)19(16)17(20)12-8-4-7-11-15-9-5-3-6-10-15/h4,7-8,11-12,14,16H,3,5-6,9-10,13H2,1-2H3/b7-4+,12-8+/t16-/m1/s1. The molecule has 1 aliphatic carbocycles. The van der Waals surface area contributed by atoms with Gasteiger partial charge in [0.15, 0.2) is 0 Å². The number of hydrogen-bond acceptors (Lipinski definition) is 3. The van der Waals surface area contributed by atoms with Crippen LogP contribution in [0, 0.1) is 5.92 Å². The van der Waals surface area contributed by atoms with Crippen molar-refractivity contribution in [3.63, 3.8) is 0 Å². The van der Waals surface area contributed by atoms with E-state index in [0.29, 0.717) is 0 Å². The highest BCUT2D eigenvalue weighted by atomic mass is 16.6. The minimum absolute atomic E-state index is 0.169. The molecule has 0 N–H and O–H groups in total. The highest BCUT2D eigenvalue weighted by molar-refractivity contribution is 6.00. The van der Waals surface area contributed by atoms with Crippen LogP contribution in [0.15, 0.2) is 36.0 Å². The summed E-state index contributed by atoms with van der Waals surface area (Å²) >= 11 is 0. The Hall–Kier alpha value is -1.84. The van der Waals surface area contributed by atoms with Crippen LogP contribution in [0.2, 0.25) is 0 Å². The highest BCUT2D eigenvalue weighted by Crippen LogP contribution is 2.22. The SMILES string of the molecule is CC(C)[C@H]1COC(=O)N1C(=O)/C=C/C=C/C=C1CCCCC1. The van der Waals surface area contributed by atoms with Gasteiger partial charge in [0, 0.05) is 6.08 Å². The quantitative estimate of drug-likeness (QED) is 0.582. The zero-order valence-electron chi connectivity index (χ0n) is 13.5. The van der Waals surface area contributed by atoms with Crippen LogP contribution in [0.3, 0.4) is 0 Å². The summed E-state index contributed by atoms with van der Waals surface area (Å²) in [5.74, 6) is -0.119. The lowest BCUT2D eigenvalue weighted by Gasteiger charge is -2.20. The molecule has 4 heteroatoms. The summed E-state index contributed by atoms with van der Waals surface area (Å²) in [6, 6.07) is -0.169. The molecule has 0 aromatic rings. The molecule has 1 aliphatic heterocycles. The van der Waals surface area contributed by atoms with Gasteiger partial charge in [0.2, 0.25) is 0 Å². The second kappa shape index (κ2) is 7.97. The van der Waals surface area contributed by atoms with Crippen LogP contribution in [0.1, 0.15) is 46.0 Å². The van der Waals surface area contributed by atoms with Crippen LogP contribution in [0.5, 0.6) is 0 Å². The van der Waals surface area contributed by atoms with Crippen molar-refractivity contribution < 1.29 is 14.3 Å². The van der Waals surface area contributed by atoms with E-state index in [4.69, 9.17) is 4.74 Å². The van der Waals surface area contributed by atoms with Crippen molar-refractivity contribution in [3.8, 4) is 0 Å². The molecule has 1 saturated heterocycles. The Morgan fingerprint density at radius 1 is 1.18 bits per heavy atom. The van der Waals surface area contributed by atoms with E-state index in [1.54, 1.807) is 6.08 Å². The Morgan fingerprint density at radius 3 is 2.59 bits per heavy atom. The Bertz CT molecular complexity index is 494. The van der Waals surface area contributed by atoms with Gasteiger partial charge in [-0.05, 0) is 31.6 Å². The minimum atomic E-state index is -0.540. The molecular formula is C18H25NO3. The molecule has 4 nitrogen and oxygen atoms in total. The predicted octanol–water partition coefficient (Wildman–Crippen LogP) is 3.99. The van der Waals surface area contributed by atoms with E-state index in [1.165, 1.54) is 48.7 Å². The van der Waals surface area contributed by atoms with Gasteiger partial charge in [0.05, 0.1) is 6.04 Å². The Morgan fingerprint density at radius 2 is 1.91 bits per heavy atom. The zero-order chi connectivity index (χ0) is 15.9. The topological polar surface area (TPSA) is 46.6 Å². The molecule has 1 saturated carbocycles. The first kappa shape index (κ1) is 16.5. The number of rotatable bonds is 4. The van der Waals surface area contributed by atoms with E-state index >= 15 is 0 Å². The third-order valence-electron chi connectivity index (χ3n) is 4.20. The number of cyclic esters (lactones) is 1. The van der Waals surface area contributed by atoms with E-state index in [0.717, 1.165) is 0 Å². The number of ether oxygens (including phenoxy) is 1. The number of nitrogens with zero attached hydrogens (tertiary/aromatic N) is 1. The van der Waals surface area contributed by atoms with Crippen molar-refractivity contribution in [1.82, 2.24) is 4.90 Å². The minimum Gasteiger partial charge on any atom is -0.447 e. The Balaban J connectivity index is 1.89. The average molecular weight is 303 g/mol. The zero-order valence-corrected chi connectivity index (χ0v) is 13.5. The van der Waals surface area contributed by atoms with Gasteiger partial charge in [-0.1, -0.05) is 50.1 Å². The molecule has 0 spiro atoms. The van der Waals surface area contributed by atoms with Crippen molar-refractivity contribution in [2.45, 2.75) is 52.0 Å². The lowest BCUT2D eigenvalue weighted by atomic mass is 9.95. The molecular weight excluding hydrogens is 278 g/mol. The lowest BCUT2D eigenvalue weighted by molar-refractivity contribution is -0.124. The fraction of sp³-hybridized carbons (Fsp3) is 0.556. The van der Waals surface area contributed by atoms with Crippen molar-refractivity contribution in [2.75, 3.05) is 6.61 Å². The lowest BCUT2D eigenvalue weighted by Crippen LogP contribution is -2.40. The molecule has 0 bridgehead atoms. The third kappa shape index (κ3) is 4.33. The maximum Gasteiger partial charge on any atom is 0.417 e. The normalized spacial score (nSPS) is 22.9. The number of allylic oxidation sites excluding steroid dienone is 5. The van der Waals surface area contributed by atoms with Gasteiger partial charge in [-0.3, -0.25) is 4.79 Å². The van der Waals surface area contributed by atoms with Gasteiger partial charge in [-0.25, -0.2) is 9.69 Å². The van der Waals surface area contributed by atoms with Crippen molar-refractivity contribution in [2.24, 2.45) is 5.92 Å². The maximum absolute atomic E-state index is 12.1. The van der Waals surface area contributed by atoms with Crippen LogP contribution < -0.4 is 0 Å². The fourth-order valence-corrected chi connectivity index (χ4v) is 2.83. The molecule has 0 unspecified atom stereocenters. The van der Waals surface area contributed by atoms with Crippen molar-refractivity contribution >= 4 is 12.0 Å². The summed E-state index contributed by atoms with van der Waals surface area (Å²) in [6.07, 6.45) is 14.8. The molecule has 2 amide bonds. The predicted molar refractivity (Wildman–Crippen MR) is 86.3 cm³/mol. The number of carbonyl (C=O) groups excluding carboxylic acids is 2. The smallest absolute Gasteiger partial charge is 0.417 e. The van der Waals surface area contributed by atoms with Crippen molar-refractivity contribution in [3.05, 3.63) is 36.0 Å². The van der Waals surface area contributed by atoms with Crippen LogP contribution >= 0.6 is 0 Å². The molecule has 22 heavy (non-hydrogen) atoms. The van der Waals surface area contributed by atoms with E-state index in [-0.39, 0.29) is 24.5 Å². The average Bonchev–Trinajstić information content (AvgIpc) is 2.90. The van der Waals surface area contributed by atoms with Crippen LogP contribution in [-0.2, 0) is 9.53 Å². The van der Waals surface area contributed by atoms with Gasteiger partial charge >= 0.3 is 6.09 Å². The molecule has 0 aromatic carbocycles. The Kier molecular flexibility index (Phi) is 5.99. The monoisotopic (exact) mass is 303 g/mol. The first-order valence-corrected chi connectivity index (χ1v) is 8.12. The summed E-state index contributed by atoms with van der Waals surface area (Å²) in [7, 11) is 0. The van der Waals surface area contributed by atoms with E-state index < -0.39 is 6.09 Å². The molecule has 0 radical (unpaired) electrons. The van der Waals surface area contributed by atoms with Crippen LogP contribution in [0.4, 0.5) is 4.79 Å². The number of amides is 2. The van der Waals surface area contributed by atoms with Gasteiger partial charge < -0.3 is 4.74 Å². The summed E-state index contributed by atoms with van der Waals surface area (Å²) < 4.78 is 4.97. The van der Waals surface area contributed by atoms with Gasteiger partial charge in [0.25, 0.3) is 5.91 Å². The van der Waals surface area contributed by atoms with Crippen LogP contribution in [0.25, 0.3) is 0 Å². The number of hydrogen-bond donors (Lipinski definition) is 0. The summed E-state index contributed by atoms with van der Waals surface area (Å²) in [5.41, 5.74) is 1.48. The first-order chi connectivity index (χ1) is 10.6. The van der Waals surface area contributed by atoms with Gasteiger partial charge in [-0.2, -0.15) is 0 Å². The van der Waals surface area contributed by atoms with Crippen molar-refractivity contribution in [1.29, 1.82) is 0 Å². The van der Waals surface area contributed by atoms with E-state index in [9.17, 15) is 9.59 Å². The fourth-order valence-electron chi connectivity index (χ4n) is 2.83. The molecule has 2 rings (SSSR count).